The first-order chi connectivity index (χ1) is 13.1. The molecule has 2 aromatic carbocycles. The first kappa shape index (κ1) is 18.7. The Morgan fingerprint density at radius 3 is 2.37 bits per heavy atom. The van der Waals surface area contributed by atoms with Gasteiger partial charge in [-0.3, -0.25) is 9.59 Å². The molecule has 1 saturated heterocycles. The number of rotatable bonds is 5. The van der Waals surface area contributed by atoms with Crippen molar-refractivity contribution in [1.29, 1.82) is 0 Å². The third-order valence-corrected chi connectivity index (χ3v) is 4.56. The van der Waals surface area contributed by atoms with E-state index in [1.54, 1.807) is 28.9 Å². The van der Waals surface area contributed by atoms with Gasteiger partial charge >= 0.3 is 0 Å². The lowest BCUT2D eigenvalue weighted by Gasteiger charge is -2.33. The molecule has 5 heteroatoms. The van der Waals surface area contributed by atoms with Gasteiger partial charge in [0.1, 0.15) is 12.4 Å². The Balaban J connectivity index is 1.54. The fourth-order valence-corrected chi connectivity index (χ4v) is 2.96. The lowest BCUT2D eigenvalue weighted by molar-refractivity contribution is -0.135. The molecule has 0 saturated carbocycles. The molecule has 0 unspecified atom stereocenters. The Bertz CT molecular complexity index is 809. The lowest BCUT2D eigenvalue weighted by Crippen LogP contribution is -2.49. The first-order valence-corrected chi connectivity index (χ1v) is 9.11. The van der Waals surface area contributed by atoms with E-state index in [4.69, 9.17) is 4.74 Å². The molecule has 1 aliphatic heterocycles. The molecule has 2 amide bonds. The molecule has 5 nitrogen and oxygen atoms in total. The number of carbonyl (C=O) groups excluding carboxylic acids is 2. The second-order valence-corrected chi connectivity index (χ2v) is 6.51. The summed E-state index contributed by atoms with van der Waals surface area (Å²) in [5.74, 6) is 0.794. The number of piperazine rings is 1. The zero-order chi connectivity index (χ0) is 19.1. The van der Waals surface area contributed by atoms with E-state index < -0.39 is 0 Å². The van der Waals surface area contributed by atoms with Crippen molar-refractivity contribution in [2.45, 2.75) is 13.5 Å². The molecule has 0 aliphatic carbocycles. The van der Waals surface area contributed by atoms with E-state index in [0.717, 1.165) is 16.9 Å². The Morgan fingerprint density at radius 1 is 0.963 bits per heavy atom. The highest BCUT2D eigenvalue weighted by Gasteiger charge is 2.20. The number of hydrogen-bond acceptors (Lipinski definition) is 3. The van der Waals surface area contributed by atoms with E-state index in [9.17, 15) is 9.59 Å². The maximum absolute atomic E-state index is 12.3. The Kier molecular flexibility index (Phi) is 6.26. The SMILES string of the molecule is CC(=O)N1CCN(C(=O)/C=C/c2cccc(OCc3ccccc3)c2)CC1. The second-order valence-electron chi connectivity index (χ2n) is 6.51. The minimum atomic E-state index is -0.0335. The van der Waals surface area contributed by atoms with E-state index in [-0.39, 0.29) is 11.8 Å². The highest BCUT2D eigenvalue weighted by Crippen LogP contribution is 2.16. The van der Waals surface area contributed by atoms with Crippen molar-refractivity contribution >= 4 is 17.9 Å². The Labute approximate surface area is 159 Å². The molecule has 0 N–H and O–H groups in total. The average Bonchev–Trinajstić information content (AvgIpc) is 2.71. The van der Waals surface area contributed by atoms with Crippen LogP contribution in [0.2, 0.25) is 0 Å². The van der Waals surface area contributed by atoms with Gasteiger partial charge in [-0.2, -0.15) is 0 Å². The van der Waals surface area contributed by atoms with Gasteiger partial charge in [0.2, 0.25) is 11.8 Å². The number of benzene rings is 2. The molecular weight excluding hydrogens is 340 g/mol. The summed E-state index contributed by atoms with van der Waals surface area (Å²) < 4.78 is 5.82. The summed E-state index contributed by atoms with van der Waals surface area (Å²) in [5, 5.41) is 0. The molecule has 27 heavy (non-hydrogen) atoms. The van der Waals surface area contributed by atoms with Gasteiger partial charge in [0.25, 0.3) is 0 Å². The van der Waals surface area contributed by atoms with Crippen LogP contribution in [0.3, 0.4) is 0 Å². The van der Waals surface area contributed by atoms with Gasteiger partial charge in [0, 0.05) is 39.2 Å². The van der Waals surface area contributed by atoms with Crippen LogP contribution < -0.4 is 4.74 Å². The highest BCUT2D eigenvalue weighted by molar-refractivity contribution is 5.92. The van der Waals surface area contributed by atoms with Gasteiger partial charge < -0.3 is 14.5 Å². The first-order valence-electron chi connectivity index (χ1n) is 9.11. The Hall–Kier alpha value is -3.08. The smallest absolute Gasteiger partial charge is 0.246 e. The van der Waals surface area contributed by atoms with Crippen LogP contribution in [0.5, 0.6) is 5.75 Å². The zero-order valence-corrected chi connectivity index (χ0v) is 15.5. The molecule has 0 atom stereocenters. The molecule has 0 radical (unpaired) electrons. The van der Waals surface area contributed by atoms with E-state index in [2.05, 4.69) is 0 Å². The summed E-state index contributed by atoms with van der Waals surface area (Å²) in [5.41, 5.74) is 2.02. The maximum atomic E-state index is 12.3. The topological polar surface area (TPSA) is 49.9 Å². The third kappa shape index (κ3) is 5.45. The summed E-state index contributed by atoms with van der Waals surface area (Å²) in [6, 6.07) is 17.7. The zero-order valence-electron chi connectivity index (χ0n) is 15.5. The van der Waals surface area contributed by atoms with Crippen molar-refractivity contribution in [1.82, 2.24) is 9.80 Å². The van der Waals surface area contributed by atoms with Gasteiger partial charge in [-0.25, -0.2) is 0 Å². The van der Waals surface area contributed by atoms with Crippen molar-refractivity contribution in [3.8, 4) is 5.75 Å². The standard InChI is InChI=1S/C22H24N2O3/c1-18(25)23-12-14-24(15-13-23)22(26)11-10-19-8-5-9-21(16-19)27-17-20-6-3-2-4-7-20/h2-11,16H,12-15,17H2,1H3/b11-10+. The van der Waals surface area contributed by atoms with Gasteiger partial charge in [0.05, 0.1) is 0 Å². The maximum Gasteiger partial charge on any atom is 0.246 e. The normalized spacial score (nSPS) is 14.4. The van der Waals surface area contributed by atoms with Crippen LogP contribution in [-0.4, -0.2) is 47.8 Å². The van der Waals surface area contributed by atoms with E-state index in [1.807, 2.05) is 54.6 Å². The summed E-state index contributed by atoms with van der Waals surface area (Å²) in [4.78, 5) is 27.2. The number of carbonyl (C=O) groups is 2. The predicted molar refractivity (Wildman–Crippen MR) is 105 cm³/mol. The summed E-state index contributed by atoms with van der Waals surface area (Å²) in [7, 11) is 0. The molecular formula is C22H24N2O3. The van der Waals surface area contributed by atoms with Crippen molar-refractivity contribution in [2.24, 2.45) is 0 Å². The predicted octanol–water partition coefficient (Wildman–Crippen LogP) is 2.97. The van der Waals surface area contributed by atoms with E-state index in [0.29, 0.717) is 32.8 Å². The molecule has 1 heterocycles. The van der Waals surface area contributed by atoms with E-state index in [1.165, 1.54) is 0 Å². The van der Waals surface area contributed by atoms with Crippen LogP contribution in [0.1, 0.15) is 18.1 Å². The molecule has 0 spiro atoms. The average molecular weight is 364 g/mol. The fourth-order valence-electron chi connectivity index (χ4n) is 2.96. The molecule has 1 aliphatic rings. The fraction of sp³-hybridized carbons (Fsp3) is 0.273. The third-order valence-electron chi connectivity index (χ3n) is 4.56. The number of ether oxygens (including phenoxy) is 1. The van der Waals surface area contributed by atoms with Crippen LogP contribution in [0.25, 0.3) is 6.08 Å². The number of amides is 2. The highest BCUT2D eigenvalue weighted by atomic mass is 16.5. The molecule has 0 bridgehead atoms. The second kappa shape index (κ2) is 9.03. The van der Waals surface area contributed by atoms with Crippen LogP contribution in [0.15, 0.2) is 60.7 Å². The van der Waals surface area contributed by atoms with Crippen LogP contribution >= 0.6 is 0 Å². The quantitative estimate of drug-likeness (QED) is 0.767. The van der Waals surface area contributed by atoms with Crippen molar-refractivity contribution < 1.29 is 14.3 Å². The summed E-state index contributed by atoms with van der Waals surface area (Å²) >= 11 is 0. The minimum Gasteiger partial charge on any atom is -0.489 e. The molecule has 0 aromatic heterocycles. The molecule has 2 aromatic rings. The van der Waals surface area contributed by atoms with Crippen LogP contribution in [-0.2, 0) is 16.2 Å². The van der Waals surface area contributed by atoms with E-state index >= 15 is 0 Å². The molecule has 140 valence electrons. The molecule has 1 fully saturated rings. The number of hydrogen-bond donors (Lipinski definition) is 0. The lowest BCUT2D eigenvalue weighted by atomic mass is 10.2. The monoisotopic (exact) mass is 364 g/mol. The van der Waals surface area contributed by atoms with Crippen LogP contribution in [0, 0.1) is 0 Å². The van der Waals surface area contributed by atoms with Gasteiger partial charge in [-0.15, -0.1) is 0 Å². The molecule has 3 rings (SSSR count). The van der Waals surface area contributed by atoms with Crippen molar-refractivity contribution in [3.63, 3.8) is 0 Å². The van der Waals surface area contributed by atoms with Crippen LogP contribution in [0.4, 0.5) is 0 Å². The number of nitrogens with zero attached hydrogens (tertiary/aromatic N) is 2. The summed E-state index contributed by atoms with van der Waals surface area (Å²) in [6.45, 7) is 4.40. The van der Waals surface area contributed by atoms with Gasteiger partial charge in [0.15, 0.2) is 0 Å². The largest absolute Gasteiger partial charge is 0.489 e. The van der Waals surface area contributed by atoms with Crippen molar-refractivity contribution in [3.05, 3.63) is 71.8 Å². The minimum absolute atomic E-state index is 0.0335. The van der Waals surface area contributed by atoms with Gasteiger partial charge in [-0.1, -0.05) is 42.5 Å². The van der Waals surface area contributed by atoms with Crippen molar-refractivity contribution in [2.75, 3.05) is 26.2 Å². The van der Waals surface area contributed by atoms with Gasteiger partial charge in [-0.05, 0) is 29.3 Å². The Morgan fingerprint density at radius 2 is 1.67 bits per heavy atom. The summed E-state index contributed by atoms with van der Waals surface area (Å²) in [6.07, 6.45) is 3.38.